The van der Waals surface area contributed by atoms with Gasteiger partial charge in [-0.3, -0.25) is 4.79 Å². The van der Waals surface area contributed by atoms with Gasteiger partial charge in [0, 0.05) is 12.0 Å². The van der Waals surface area contributed by atoms with Crippen LogP contribution in [0.25, 0.3) is 0 Å². The van der Waals surface area contributed by atoms with Gasteiger partial charge in [0.15, 0.2) is 5.78 Å². The number of hydrogen-bond acceptors (Lipinski definition) is 4. The van der Waals surface area contributed by atoms with Crippen molar-refractivity contribution in [3.63, 3.8) is 0 Å². The highest BCUT2D eigenvalue weighted by Gasteiger charge is 2.60. The summed E-state index contributed by atoms with van der Waals surface area (Å²) in [6.45, 7) is 0. The highest BCUT2D eigenvalue weighted by atomic mass is 19.4. The maximum Gasteiger partial charge on any atom is 0.458 e. The molecule has 0 radical (unpaired) electrons. The summed E-state index contributed by atoms with van der Waals surface area (Å²) in [7, 11) is 0. The van der Waals surface area contributed by atoms with E-state index in [0.29, 0.717) is 11.1 Å². The van der Waals surface area contributed by atoms with E-state index in [2.05, 4.69) is 9.99 Å². The van der Waals surface area contributed by atoms with Gasteiger partial charge in [-0.15, -0.1) is 0 Å². The second kappa shape index (κ2) is 6.33. The number of alkyl halides is 3. The number of aliphatic hydroxyl groups is 1. The zero-order valence-corrected chi connectivity index (χ0v) is 13.0. The fourth-order valence-electron chi connectivity index (χ4n) is 2.46. The third kappa shape index (κ3) is 3.56. The molecule has 0 spiro atoms. The molecule has 0 aromatic heterocycles. The molecule has 1 atom stereocenters. The summed E-state index contributed by atoms with van der Waals surface area (Å²) in [5, 5.41) is 12.8. The summed E-state index contributed by atoms with van der Waals surface area (Å²) < 4.78 is 38.2. The minimum atomic E-state index is -4.94. The van der Waals surface area contributed by atoms with E-state index in [4.69, 9.17) is 0 Å². The van der Waals surface area contributed by atoms with Crippen molar-refractivity contribution in [2.75, 3.05) is 0 Å². The average Bonchev–Trinajstić information content (AvgIpc) is 2.99. The van der Waals surface area contributed by atoms with Gasteiger partial charge in [0.05, 0.1) is 12.1 Å². The number of benzene rings is 2. The van der Waals surface area contributed by atoms with Gasteiger partial charge in [-0.05, 0) is 11.1 Å². The Labute approximate surface area is 141 Å². The van der Waals surface area contributed by atoms with Gasteiger partial charge in [0.2, 0.25) is 0 Å². The van der Waals surface area contributed by atoms with Crippen LogP contribution in [0.1, 0.15) is 27.9 Å². The van der Waals surface area contributed by atoms with Crippen molar-refractivity contribution in [1.29, 1.82) is 0 Å². The van der Waals surface area contributed by atoms with Crippen molar-refractivity contribution in [2.45, 2.75) is 24.8 Å². The molecule has 130 valence electrons. The molecule has 1 aliphatic heterocycles. The Bertz CT molecular complexity index is 801. The van der Waals surface area contributed by atoms with Crippen molar-refractivity contribution in [3.8, 4) is 0 Å². The van der Waals surface area contributed by atoms with Crippen LogP contribution in [0.2, 0.25) is 0 Å². The minimum Gasteiger partial charge on any atom is -0.350 e. The second-order valence-corrected chi connectivity index (χ2v) is 5.75. The van der Waals surface area contributed by atoms with Gasteiger partial charge in [-0.1, -0.05) is 59.8 Å². The standard InChI is InChI=1S/C18H14F3NO3/c19-18(20,21)17(24)11-15(22-25-17)13-6-8-14(9-7-13)16(23)10-12-4-2-1-3-5-12/h1-9,24H,10-11H2. The summed E-state index contributed by atoms with van der Waals surface area (Å²) in [6, 6.07) is 15.2. The normalized spacial score (nSPS) is 20.1. The number of hydrogen-bond donors (Lipinski definition) is 1. The summed E-state index contributed by atoms with van der Waals surface area (Å²) >= 11 is 0. The molecule has 0 aliphatic carbocycles. The van der Waals surface area contributed by atoms with E-state index in [-0.39, 0.29) is 17.9 Å². The lowest BCUT2D eigenvalue weighted by Crippen LogP contribution is -2.45. The first kappa shape index (κ1) is 17.2. The molecule has 0 bridgehead atoms. The predicted octanol–water partition coefficient (Wildman–Crippen LogP) is 3.49. The molecule has 1 N–H and O–H groups in total. The van der Waals surface area contributed by atoms with Crippen LogP contribution in [0.3, 0.4) is 0 Å². The minimum absolute atomic E-state index is 0.0260. The van der Waals surface area contributed by atoms with E-state index in [9.17, 15) is 23.1 Å². The maximum atomic E-state index is 12.7. The maximum absolute atomic E-state index is 12.7. The first-order valence-electron chi connectivity index (χ1n) is 7.50. The molecule has 0 saturated carbocycles. The predicted molar refractivity (Wildman–Crippen MR) is 84.2 cm³/mol. The number of rotatable bonds is 4. The molecular formula is C18H14F3NO3. The van der Waals surface area contributed by atoms with Crippen molar-refractivity contribution < 1.29 is 27.9 Å². The fourth-order valence-corrected chi connectivity index (χ4v) is 2.46. The van der Waals surface area contributed by atoms with Gasteiger partial charge in [0.25, 0.3) is 0 Å². The molecule has 0 fully saturated rings. The molecule has 7 heteroatoms. The van der Waals surface area contributed by atoms with Crippen molar-refractivity contribution in [2.24, 2.45) is 5.16 Å². The Morgan fingerprint density at radius 2 is 1.76 bits per heavy atom. The van der Waals surface area contributed by atoms with E-state index in [1.807, 2.05) is 30.3 Å². The van der Waals surface area contributed by atoms with E-state index in [1.54, 1.807) is 0 Å². The third-order valence-corrected chi connectivity index (χ3v) is 3.90. The summed E-state index contributed by atoms with van der Waals surface area (Å²) in [5.74, 6) is -3.40. The zero-order chi connectivity index (χ0) is 18.1. The number of ketones is 1. The average molecular weight is 349 g/mol. The van der Waals surface area contributed by atoms with Gasteiger partial charge in [-0.2, -0.15) is 13.2 Å². The van der Waals surface area contributed by atoms with Gasteiger partial charge >= 0.3 is 12.0 Å². The first-order valence-corrected chi connectivity index (χ1v) is 7.50. The quantitative estimate of drug-likeness (QED) is 0.860. The van der Waals surface area contributed by atoms with Gasteiger partial charge in [-0.25, -0.2) is 0 Å². The Hall–Kier alpha value is -2.67. The Balaban J connectivity index is 1.70. The molecule has 1 aliphatic rings. The van der Waals surface area contributed by atoms with Crippen molar-refractivity contribution in [1.82, 2.24) is 0 Å². The number of carbonyl (C=O) groups excluding carboxylic acids is 1. The summed E-state index contributed by atoms with van der Waals surface area (Å²) in [4.78, 5) is 16.4. The van der Waals surface area contributed by atoms with Crippen LogP contribution in [-0.4, -0.2) is 28.6 Å². The number of oxime groups is 1. The largest absolute Gasteiger partial charge is 0.458 e. The van der Waals surface area contributed by atoms with Crippen LogP contribution in [-0.2, 0) is 11.3 Å². The van der Waals surface area contributed by atoms with Crippen LogP contribution in [0.4, 0.5) is 13.2 Å². The lowest BCUT2D eigenvalue weighted by molar-refractivity contribution is -0.355. The lowest BCUT2D eigenvalue weighted by Gasteiger charge is -2.22. The first-order chi connectivity index (χ1) is 11.8. The Morgan fingerprint density at radius 3 is 2.32 bits per heavy atom. The number of halogens is 3. The molecule has 2 aromatic carbocycles. The monoisotopic (exact) mass is 349 g/mol. The third-order valence-electron chi connectivity index (χ3n) is 3.90. The molecular weight excluding hydrogens is 335 g/mol. The molecule has 4 nitrogen and oxygen atoms in total. The highest BCUT2D eigenvalue weighted by molar-refractivity contribution is 6.03. The van der Waals surface area contributed by atoms with Crippen LogP contribution in [0, 0.1) is 0 Å². The van der Waals surface area contributed by atoms with Crippen LogP contribution < -0.4 is 0 Å². The summed E-state index contributed by atoms with van der Waals surface area (Å²) in [6.07, 6.45) is -5.50. The van der Waals surface area contributed by atoms with E-state index in [1.165, 1.54) is 24.3 Å². The van der Waals surface area contributed by atoms with E-state index >= 15 is 0 Å². The van der Waals surface area contributed by atoms with E-state index in [0.717, 1.165) is 5.56 Å². The number of nitrogens with zero attached hydrogens (tertiary/aromatic N) is 1. The lowest BCUT2D eigenvalue weighted by atomic mass is 9.98. The highest BCUT2D eigenvalue weighted by Crippen LogP contribution is 2.38. The molecule has 2 aromatic rings. The number of Topliss-reactive ketones (excluding diaryl/α,β-unsaturated/α-hetero) is 1. The van der Waals surface area contributed by atoms with Crippen LogP contribution >= 0.6 is 0 Å². The molecule has 1 unspecified atom stereocenters. The number of carbonyl (C=O) groups is 1. The fraction of sp³-hybridized carbons (Fsp3) is 0.222. The zero-order valence-electron chi connectivity index (χ0n) is 13.0. The smallest absolute Gasteiger partial charge is 0.350 e. The molecule has 25 heavy (non-hydrogen) atoms. The van der Waals surface area contributed by atoms with Gasteiger partial charge < -0.3 is 9.94 Å². The molecule has 1 heterocycles. The van der Waals surface area contributed by atoms with Crippen LogP contribution in [0.15, 0.2) is 59.8 Å². The second-order valence-electron chi connectivity index (χ2n) is 5.75. The van der Waals surface area contributed by atoms with Crippen molar-refractivity contribution >= 4 is 11.5 Å². The Morgan fingerprint density at radius 1 is 1.12 bits per heavy atom. The Kier molecular flexibility index (Phi) is 4.34. The SMILES string of the molecule is O=C(Cc1ccccc1)c1ccc(C2=NOC(O)(C(F)(F)F)C2)cc1. The topological polar surface area (TPSA) is 58.9 Å². The molecule has 0 amide bonds. The van der Waals surface area contributed by atoms with Crippen molar-refractivity contribution in [3.05, 3.63) is 71.3 Å². The van der Waals surface area contributed by atoms with Gasteiger partial charge in [0.1, 0.15) is 0 Å². The van der Waals surface area contributed by atoms with E-state index < -0.39 is 18.4 Å². The molecule has 3 rings (SSSR count). The van der Waals surface area contributed by atoms with Crippen LogP contribution in [0.5, 0.6) is 0 Å². The molecule has 0 saturated heterocycles. The summed E-state index contributed by atoms with van der Waals surface area (Å²) in [5.41, 5.74) is 1.65.